The lowest BCUT2D eigenvalue weighted by Crippen LogP contribution is -2.04. The summed E-state index contributed by atoms with van der Waals surface area (Å²) in [6, 6.07) is 29.2. The monoisotopic (exact) mass is 790 g/mol. The lowest BCUT2D eigenvalue weighted by Gasteiger charge is -2.16. The third kappa shape index (κ3) is 10.7. The highest BCUT2D eigenvalue weighted by Gasteiger charge is 2.22. The molecule has 0 aliphatic carbocycles. The molecule has 10 nitrogen and oxygen atoms in total. The van der Waals surface area contributed by atoms with Crippen LogP contribution in [-0.2, 0) is 12.8 Å². The van der Waals surface area contributed by atoms with Crippen LogP contribution in [0.1, 0.15) is 124 Å². The Morgan fingerprint density at radius 1 is 0.638 bits per heavy atom. The molecule has 3 heterocycles. The standard InChI is InChI=1S/C47H54N10S/c1-5-7-9-11-13-15-19-35-23-27-37(28-24-35)50-44-39(31-48)33(3)43(45(53-44)51-38-29-25-36(26-30-38)20-16-14-12-10-8-6-2)54-55-46-40(32-49)34(4)56-57(46)47-52-41-21-17-18-22-42(41)58-47/h17-18,21-30H,5-16,19-20H2,1-4H3,(H2,50,51,53). The number of hydrogen-bond donors (Lipinski definition) is 2. The number of thiazole rings is 1. The van der Waals surface area contributed by atoms with Crippen LogP contribution in [0.5, 0.6) is 0 Å². The van der Waals surface area contributed by atoms with Crippen molar-refractivity contribution in [2.75, 3.05) is 10.6 Å². The largest absolute Gasteiger partial charge is 0.339 e. The van der Waals surface area contributed by atoms with E-state index in [9.17, 15) is 10.5 Å². The smallest absolute Gasteiger partial charge is 0.213 e. The number of aryl methyl sites for hydroxylation is 3. The van der Waals surface area contributed by atoms with Crippen LogP contribution in [0.15, 0.2) is 83.0 Å². The summed E-state index contributed by atoms with van der Waals surface area (Å²) in [5.41, 5.74) is 7.20. The minimum absolute atomic E-state index is 0.255. The number of aromatic nitrogens is 4. The fraction of sp³-hybridized carbons (Fsp3) is 0.383. The van der Waals surface area contributed by atoms with Crippen molar-refractivity contribution < 1.29 is 0 Å². The van der Waals surface area contributed by atoms with Crippen LogP contribution in [0.3, 0.4) is 0 Å². The molecule has 0 bridgehead atoms. The second-order valence-corrected chi connectivity index (χ2v) is 15.9. The van der Waals surface area contributed by atoms with E-state index in [1.807, 2.05) is 43.3 Å². The average Bonchev–Trinajstić information content (AvgIpc) is 3.81. The molecule has 0 saturated heterocycles. The second kappa shape index (κ2) is 21.0. The predicted molar refractivity (Wildman–Crippen MR) is 238 cm³/mol. The Morgan fingerprint density at radius 3 is 1.76 bits per heavy atom. The third-order valence-electron chi connectivity index (χ3n) is 10.5. The number of nitriles is 2. The number of pyridine rings is 1. The second-order valence-electron chi connectivity index (χ2n) is 14.9. The zero-order valence-electron chi connectivity index (χ0n) is 34.3. The SMILES string of the molecule is CCCCCCCCc1ccc(Nc2nc(Nc3ccc(CCCCCCCC)cc3)c(N=Nc3c(C#N)c(C)nn3-c3nc4ccccc4s3)c(C)c2C#N)cc1. The van der Waals surface area contributed by atoms with Crippen molar-refractivity contribution in [1.29, 1.82) is 10.5 Å². The van der Waals surface area contributed by atoms with E-state index in [1.54, 1.807) is 11.6 Å². The minimum Gasteiger partial charge on any atom is -0.339 e. The van der Waals surface area contributed by atoms with Gasteiger partial charge in [0.15, 0.2) is 17.5 Å². The summed E-state index contributed by atoms with van der Waals surface area (Å²) in [7, 11) is 0. The van der Waals surface area contributed by atoms with Gasteiger partial charge in [0.25, 0.3) is 0 Å². The van der Waals surface area contributed by atoms with Gasteiger partial charge in [0, 0.05) is 16.9 Å². The maximum Gasteiger partial charge on any atom is 0.213 e. The molecule has 0 spiro atoms. The van der Waals surface area contributed by atoms with Gasteiger partial charge in [-0.3, -0.25) is 0 Å². The summed E-state index contributed by atoms with van der Waals surface area (Å²) in [5, 5.41) is 42.2. The molecule has 6 rings (SSSR count). The van der Waals surface area contributed by atoms with Crippen molar-refractivity contribution in [1.82, 2.24) is 19.7 Å². The van der Waals surface area contributed by atoms with Gasteiger partial charge in [-0.15, -0.1) is 10.2 Å². The Kier molecular flexibility index (Phi) is 15.1. The molecule has 298 valence electrons. The number of benzene rings is 3. The van der Waals surface area contributed by atoms with Gasteiger partial charge in [-0.2, -0.15) is 20.3 Å². The van der Waals surface area contributed by atoms with E-state index in [0.717, 1.165) is 34.4 Å². The molecular weight excluding hydrogens is 737 g/mol. The number of hydrogen-bond acceptors (Lipinski definition) is 10. The van der Waals surface area contributed by atoms with E-state index in [4.69, 9.17) is 15.1 Å². The van der Waals surface area contributed by atoms with Crippen LogP contribution in [0, 0.1) is 36.5 Å². The van der Waals surface area contributed by atoms with Crippen LogP contribution >= 0.6 is 11.3 Å². The first-order valence-electron chi connectivity index (χ1n) is 20.9. The van der Waals surface area contributed by atoms with Crippen molar-refractivity contribution in [3.05, 3.63) is 106 Å². The predicted octanol–water partition coefficient (Wildman–Crippen LogP) is 13.9. The molecule has 0 aliphatic rings. The topological polar surface area (TPSA) is 140 Å². The maximum absolute atomic E-state index is 10.5. The Hall–Kier alpha value is -5.91. The van der Waals surface area contributed by atoms with Gasteiger partial charge in [0.2, 0.25) is 5.13 Å². The number of fused-ring (bicyclic) bond motifs is 1. The normalized spacial score (nSPS) is 11.3. The Labute approximate surface area is 347 Å². The highest BCUT2D eigenvalue weighted by atomic mass is 32.1. The van der Waals surface area contributed by atoms with Crippen LogP contribution in [0.2, 0.25) is 0 Å². The molecule has 0 radical (unpaired) electrons. The molecule has 0 saturated carbocycles. The van der Waals surface area contributed by atoms with E-state index in [-0.39, 0.29) is 5.82 Å². The molecule has 0 aliphatic heterocycles. The number of rotatable bonds is 21. The molecule has 6 aromatic rings. The Morgan fingerprint density at radius 2 is 1.19 bits per heavy atom. The van der Waals surface area contributed by atoms with Crippen LogP contribution in [0.4, 0.5) is 34.5 Å². The fourth-order valence-electron chi connectivity index (χ4n) is 7.05. The van der Waals surface area contributed by atoms with E-state index in [1.165, 1.54) is 99.5 Å². The molecule has 0 amide bonds. The molecule has 3 aromatic carbocycles. The van der Waals surface area contributed by atoms with Crippen molar-refractivity contribution in [2.45, 2.75) is 118 Å². The molecule has 58 heavy (non-hydrogen) atoms. The molecule has 0 fully saturated rings. The molecular formula is C47H54N10S. The van der Waals surface area contributed by atoms with Crippen LogP contribution in [0.25, 0.3) is 15.3 Å². The average molecular weight is 791 g/mol. The van der Waals surface area contributed by atoms with Gasteiger partial charge in [0.1, 0.15) is 23.4 Å². The Balaban J connectivity index is 1.31. The lowest BCUT2D eigenvalue weighted by atomic mass is 10.0. The van der Waals surface area contributed by atoms with Crippen LogP contribution in [-0.4, -0.2) is 19.7 Å². The number of nitrogens with zero attached hydrogens (tertiary/aromatic N) is 8. The quantitative estimate of drug-likeness (QED) is 0.0546. The zero-order chi connectivity index (χ0) is 40.7. The van der Waals surface area contributed by atoms with Gasteiger partial charge < -0.3 is 10.6 Å². The number of unbranched alkanes of at least 4 members (excludes halogenated alkanes) is 10. The van der Waals surface area contributed by atoms with E-state index < -0.39 is 0 Å². The highest BCUT2D eigenvalue weighted by molar-refractivity contribution is 7.20. The van der Waals surface area contributed by atoms with E-state index in [2.05, 4.69) is 83.2 Å². The summed E-state index contributed by atoms with van der Waals surface area (Å²) < 4.78 is 2.56. The number of azo groups is 1. The summed E-state index contributed by atoms with van der Waals surface area (Å²) in [6.45, 7) is 8.11. The maximum atomic E-state index is 10.5. The first-order valence-corrected chi connectivity index (χ1v) is 21.7. The summed E-state index contributed by atoms with van der Waals surface area (Å²) in [6.07, 6.45) is 17.2. The van der Waals surface area contributed by atoms with Crippen molar-refractivity contribution in [3.8, 4) is 17.3 Å². The van der Waals surface area contributed by atoms with Gasteiger partial charge in [0.05, 0.1) is 21.5 Å². The summed E-state index contributed by atoms with van der Waals surface area (Å²) >= 11 is 1.46. The van der Waals surface area contributed by atoms with Crippen molar-refractivity contribution >= 4 is 56.1 Å². The highest BCUT2D eigenvalue weighted by Crippen LogP contribution is 2.39. The number of anilines is 4. The molecule has 0 unspecified atom stereocenters. The van der Waals surface area contributed by atoms with Gasteiger partial charge >= 0.3 is 0 Å². The minimum atomic E-state index is 0.255. The summed E-state index contributed by atoms with van der Waals surface area (Å²) in [5.74, 6) is 1.09. The van der Waals surface area contributed by atoms with Gasteiger partial charge in [-0.1, -0.05) is 126 Å². The Bertz CT molecular complexity index is 2340. The number of nitrogens with one attached hydrogen (secondary N) is 2. The molecule has 0 atom stereocenters. The lowest BCUT2D eigenvalue weighted by molar-refractivity contribution is 0.607. The molecule has 11 heteroatoms. The van der Waals surface area contributed by atoms with Crippen molar-refractivity contribution in [2.24, 2.45) is 10.2 Å². The molecule has 3 aromatic heterocycles. The molecule has 2 N–H and O–H groups in total. The number of para-hydroxylation sites is 1. The first kappa shape index (κ1) is 41.7. The zero-order valence-corrected chi connectivity index (χ0v) is 35.1. The van der Waals surface area contributed by atoms with Crippen molar-refractivity contribution in [3.63, 3.8) is 0 Å². The van der Waals surface area contributed by atoms with Gasteiger partial charge in [-0.05, 0) is 87.1 Å². The van der Waals surface area contributed by atoms with E-state index >= 15 is 0 Å². The van der Waals surface area contributed by atoms with Gasteiger partial charge in [-0.25, -0.2) is 9.97 Å². The summed E-state index contributed by atoms with van der Waals surface area (Å²) in [4.78, 5) is 9.75. The fourth-order valence-corrected chi connectivity index (χ4v) is 7.97. The first-order chi connectivity index (χ1) is 28.4. The van der Waals surface area contributed by atoms with E-state index in [0.29, 0.717) is 44.8 Å². The third-order valence-corrected chi connectivity index (χ3v) is 11.5. The van der Waals surface area contributed by atoms with Crippen LogP contribution < -0.4 is 10.6 Å².